The summed E-state index contributed by atoms with van der Waals surface area (Å²) in [5, 5.41) is 3.14. The zero-order valence-electron chi connectivity index (χ0n) is 8.21. The number of hydrogen-bond acceptors (Lipinski definition) is 3. The molecule has 0 radical (unpaired) electrons. The number of aromatic nitrogens is 2. The first-order valence-electron chi connectivity index (χ1n) is 4.39. The number of terminal acetylenes is 1. The number of hydrogen-bond donors (Lipinski definition) is 1. The number of anilines is 1. The van der Waals surface area contributed by atoms with Gasteiger partial charge in [-0.05, 0) is 29.3 Å². The lowest BCUT2D eigenvalue weighted by atomic mass is 10.2. The van der Waals surface area contributed by atoms with Crippen LogP contribution < -0.4 is 5.32 Å². The Morgan fingerprint density at radius 3 is 2.86 bits per heavy atom. The van der Waals surface area contributed by atoms with Crippen LogP contribution in [0, 0.1) is 19.3 Å². The summed E-state index contributed by atoms with van der Waals surface area (Å²) < 4.78 is 0.763. The van der Waals surface area contributed by atoms with Crippen molar-refractivity contribution in [3.63, 3.8) is 0 Å². The Bertz CT molecular complexity index is 337. The molecule has 3 nitrogen and oxygen atoms in total. The Morgan fingerprint density at radius 1 is 1.64 bits per heavy atom. The number of nitrogens with one attached hydrogen (secondary N) is 1. The van der Waals surface area contributed by atoms with Gasteiger partial charge in [0.25, 0.3) is 0 Å². The first-order chi connectivity index (χ1) is 6.65. The van der Waals surface area contributed by atoms with E-state index in [1.807, 2.05) is 19.9 Å². The molecule has 14 heavy (non-hydrogen) atoms. The molecule has 0 saturated heterocycles. The largest absolute Gasteiger partial charge is 0.356 e. The van der Waals surface area contributed by atoms with E-state index < -0.39 is 0 Å². The predicted molar refractivity (Wildman–Crippen MR) is 61.0 cm³/mol. The van der Waals surface area contributed by atoms with Gasteiger partial charge in [0.1, 0.15) is 16.2 Å². The van der Waals surface area contributed by atoms with E-state index >= 15 is 0 Å². The lowest BCUT2D eigenvalue weighted by Crippen LogP contribution is -2.17. The summed E-state index contributed by atoms with van der Waals surface area (Å²) in [5.74, 6) is 4.13. The molecule has 0 aliphatic rings. The molecule has 4 heteroatoms. The van der Waals surface area contributed by atoms with Gasteiger partial charge in [0.15, 0.2) is 0 Å². The van der Waals surface area contributed by atoms with E-state index in [0.29, 0.717) is 5.82 Å². The Labute approximate surface area is 92.5 Å². The third kappa shape index (κ3) is 3.00. The molecule has 1 atom stereocenters. The second kappa shape index (κ2) is 4.97. The molecule has 1 aromatic rings. The van der Waals surface area contributed by atoms with Crippen LogP contribution in [0.5, 0.6) is 0 Å². The summed E-state index contributed by atoms with van der Waals surface area (Å²) in [6, 6.07) is 1.84. The normalized spacial score (nSPS) is 11.9. The van der Waals surface area contributed by atoms with Crippen LogP contribution in [0.1, 0.15) is 19.2 Å². The minimum Gasteiger partial charge on any atom is -0.356 e. The van der Waals surface area contributed by atoms with Gasteiger partial charge in [-0.3, -0.25) is 0 Å². The van der Waals surface area contributed by atoms with E-state index in [9.17, 15) is 0 Å². The van der Waals surface area contributed by atoms with Crippen molar-refractivity contribution >= 4 is 21.7 Å². The van der Waals surface area contributed by atoms with Gasteiger partial charge in [-0.2, -0.15) is 0 Å². The maximum Gasteiger partial charge on any atom is 0.131 e. The first kappa shape index (κ1) is 11.0. The van der Waals surface area contributed by atoms with E-state index in [0.717, 1.165) is 16.8 Å². The van der Waals surface area contributed by atoms with Crippen molar-refractivity contribution in [3.05, 3.63) is 16.5 Å². The molecule has 0 aliphatic carbocycles. The van der Waals surface area contributed by atoms with E-state index in [1.165, 1.54) is 0 Å². The maximum atomic E-state index is 5.34. The molecule has 1 N–H and O–H groups in total. The van der Waals surface area contributed by atoms with E-state index in [1.54, 1.807) is 0 Å². The highest BCUT2D eigenvalue weighted by molar-refractivity contribution is 9.10. The van der Waals surface area contributed by atoms with Crippen molar-refractivity contribution in [2.45, 2.75) is 26.3 Å². The average molecular weight is 254 g/mol. The fourth-order valence-corrected chi connectivity index (χ4v) is 1.52. The summed E-state index contributed by atoms with van der Waals surface area (Å²) in [5.41, 5.74) is 0. The van der Waals surface area contributed by atoms with Gasteiger partial charge in [0, 0.05) is 6.07 Å². The van der Waals surface area contributed by atoms with Crippen LogP contribution in [0.15, 0.2) is 10.7 Å². The average Bonchev–Trinajstić information content (AvgIpc) is 2.12. The number of nitrogens with zero attached hydrogens (tertiary/aromatic N) is 2. The summed E-state index contributed by atoms with van der Waals surface area (Å²) in [6.45, 7) is 3.87. The molecule has 0 spiro atoms. The fourth-order valence-electron chi connectivity index (χ4n) is 1.05. The number of halogens is 1. The number of rotatable bonds is 3. The molecule has 74 valence electrons. The van der Waals surface area contributed by atoms with Crippen molar-refractivity contribution in [1.29, 1.82) is 0 Å². The molecule has 0 fully saturated rings. The molecule has 1 heterocycles. The van der Waals surface area contributed by atoms with Gasteiger partial charge in [-0.25, -0.2) is 9.97 Å². The van der Waals surface area contributed by atoms with Gasteiger partial charge in [0.05, 0.1) is 6.04 Å². The smallest absolute Gasteiger partial charge is 0.131 e. The van der Waals surface area contributed by atoms with Crippen molar-refractivity contribution in [2.24, 2.45) is 0 Å². The lowest BCUT2D eigenvalue weighted by Gasteiger charge is -2.11. The van der Waals surface area contributed by atoms with Crippen LogP contribution in [0.2, 0.25) is 0 Å². The second-order valence-electron chi connectivity index (χ2n) is 2.89. The van der Waals surface area contributed by atoms with E-state index in [2.05, 4.69) is 37.1 Å². The fraction of sp³-hybridized carbons (Fsp3) is 0.400. The van der Waals surface area contributed by atoms with Gasteiger partial charge in [-0.15, -0.1) is 6.42 Å². The highest BCUT2D eigenvalue weighted by Crippen LogP contribution is 2.13. The third-order valence-electron chi connectivity index (χ3n) is 1.74. The number of aryl methyl sites for hydroxylation is 1. The molecule has 1 aromatic heterocycles. The zero-order valence-corrected chi connectivity index (χ0v) is 9.80. The Hall–Kier alpha value is -1.08. The Kier molecular flexibility index (Phi) is 3.90. The summed E-state index contributed by atoms with van der Waals surface area (Å²) >= 11 is 3.30. The Morgan fingerprint density at radius 2 is 2.36 bits per heavy atom. The molecule has 1 rings (SSSR count). The quantitative estimate of drug-likeness (QED) is 0.664. The molecular formula is C10H12BrN3. The Balaban J connectivity index is 2.82. The van der Waals surface area contributed by atoms with Crippen molar-refractivity contribution in [3.8, 4) is 12.3 Å². The third-order valence-corrected chi connectivity index (χ3v) is 2.14. The van der Waals surface area contributed by atoms with Crippen LogP contribution in [0.25, 0.3) is 0 Å². The molecule has 0 aliphatic heterocycles. The van der Waals surface area contributed by atoms with E-state index in [-0.39, 0.29) is 6.04 Å². The monoisotopic (exact) mass is 253 g/mol. The van der Waals surface area contributed by atoms with Crippen LogP contribution >= 0.6 is 15.9 Å². The predicted octanol–water partition coefficient (Wildman–Crippen LogP) is 2.37. The zero-order chi connectivity index (χ0) is 10.6. The molecule has 0 bridgehead atoms. The molecular weight excluding hydrogens is 242 g/mol. The maximum absolute atomic E-state index is 5.34. The van der Waals surface area contributed by atoms with Gasteiger partial charge < -0.3 is 5.32 Å². The van der Waals surface area contributed by atoms with E-state index in [4.69, 9.17) is 6.42 Å². The van der Waals surface area contributed by atoms with Crippen LogP contribution in [-0.4, -0.2) is 16.0 Å². The summed E-state index contributed by atoms with van der Waals surface area (Å²) in [7, 11) is 0. The second-order valence-corrected chi connectivity index (χ2v) is 3.71. The van der Waals surface area contributed by atoms with Gasteiger partial charge in [-0.1, -0.05) is 12.8 Å². The standard InChI is InChI=1S/C10H12BrN3/c1-4-8(5-2)14-10-6-9(11)12-7(3)13-10/h1,6,8H,5H2,2-3H3,(H,12,13,14). The first-order valence-corrected chi connectivity index (χ1v) is 5.19. The molecule has 0 amide bonds. The van der Waals surface area contributed by atoms with Crippen LogP contribution in [0.3, 0.4) is 0 Å². The van der Waals surface area contributed by atoms with Crippen molar-refractivity contribution in [2.75, 3.05) is 5.32 Å². The molecule has 1 unspecified atom stereocenters. The summed E-state index contributed by atoms with van der Waals surface area (Å²) in [6.07, 6.45) is 6.21. The van der Waals surface area contributed by atoms with Crippen molar-refractivity contribution in [1.82, 2.24) is 9.97 Å². The molecule has 0 saturated carbocycles. The van der Waals surface area contributed by atoms with Crippen LogP contribution in [0.4, 0.5) is 5.82 Å². The minimum atomic E-state index is 0.0243. The summed E-state index contributed by atoms with van der Waals surface area (Å²) in [4.78, 5) is 8.33. The van der Waals surface area contributed by atoms with Crippen LogP contribution in [-0.2, 0) is 0 Å². The molecule has 0 aromatic carbocycles. The topological polar surface area (TPSA) is 37.8 Å². The van der Waals surface area contributed by atoms with Gasteiger partial charge in [0.2, 0.25) is 0 Å². The lowest BCUT2D eigenvalue weighted by molar-refractivity contribution is 0.845. The van der Waals surface area contributed by atoms with Gasteiger partial charge >= 0.3 is 0 Å². The highest BCUT2D eigenvalue weighted by Gasteiger charge is 2.04. The minimum absolute atomic E-state index is 0.0243. The SMILES string of the molecule is C#CC(CC)Nc1cc(Br)nc(C)n1. The van der Waals surface area contributed by atoms with Crippen molar-refractivity contribution < 1.29 is 0 Å². The highest BCUT2D eigenvalue weighted by atomic mass is 79.9.